The van der Waals surface area contributed by atoms with Crippen molar-refractivity contribution in [1.82, 2.24) is 9.88 Å². The molecular weight excluding hydrogens is 396 g/mol. The van der Waals surface area contributed by atoms with E-state index in [9.17, 15) is 5.26 Å². The number of hydrogen-bond donors (Lipinski definition) is 0. The second-order valence-corrected chi connectivity index (χ2v) is 9.65. The molecule has 168 valence electrons. The van der Waals surface area contributed by atoms with Gasteiger partial charge in [-0.3, -0.25) is 4.90 Å². The van der Waals surface area contributed by atoms with Crippen LogP contribution in [0.2, 0.25) is 0 Å². The zero-order chi connectivity index (χ0) is 21.9. The summed E-state index contributed by atoms with van der Waals surface area (Å²) in [4.78, 5) is 10.2. The molecule has 2 aliphatic heterocycles. The van der Waals surface area contributed by atoms with Crippen LogP contribution in [-0.4, -0.2) is 42.2 Å². The van der Waals surface area contributed by atoms with Gasteiger partial charge in [-0.25, -0.2) is 4.98 Å². The van der Waals surface area contributed by atoms with Gasteiger partial charge in [0.15, 0.2) is 0 Å². The van der Waals surface area contributed by atoms with Gasteiger partial charge in [-0.15, -0.1) is 0 Å². The molecule has 1 aliphatic carbocycles. The van der Waals surface area contributed by atoms with Crippen LogP contribution in [0, 0.1) is 11.3 Å². The van der Waals surface area contributed by atoms with Gasteiger partial charge in [-0.1, -0.05) is 49.6 Å². The van der Waals surface area contributed by atoms with Crippen molar-refractivity contribution in [2.24, 2.45) is 0 Å². The van der Waals surface area contributed by atoms with Crippen LogP contribution in [-0.2, 0) is 24.3 Å². The molecule has 0 bridgehead atoms. The highest BCUT2D eigenvalue weighted by molar-refractivity contribution is 5.62. The van der Waals surface area contributed by atoms with Crippen molar-refractivity contribution >= 4 is 5.82 Å². The summed E-state index contributed by atoms with van der Waals surface area (Å²) >= 11 is 0. The first-order valence-corrected chi connectivity index (χ1v) is 12.3. The first-order chi connectivity index (χ1) is 15.7. The van der Waals surface area contributed by atoms with Gasteiger partial charge in [0, 0.05) is 43.7 Å². The third-order valence-corrected chi connectivity index (χ3v) is 7.56. The average Bonchev–Trinajstić information content (AvgIpc) is 2.85. The largest absolute Gasteiger partial charge is 0.376 e. The number of nitrogens with zero attached hydrogens (tertiary/aromatic N) is 4. The van der Waals surface area contributed by atoms with Gasteiger partial charge in [0.2, 0.25) is 0 Å². The number of anilines is 1. The fourth-order valence-corrected chi connectivity index (χ4v) is 5.76. The molecule has 1 atom stereocenters. The molecule has 1 aromatic carbocycles. The van der Waals surface area contributed by atoms with E-state index in [2.05, 4.69) is 53.1 Å². The predicted molar refractivity (Wildman–Crippen MR) is 127 cm³/mol. The molecule has 0 radical (unpaired) electrons. The van der Waals surface area contributed by atoms with Gasteiger partial charge < -0.3 is 9.64 Å². The van der Waals surface area contributed by atoms with Crippen LogP contribution in [0.25, 0.3) is 0 Å². The Morgan fingerprint density at radius 3 is 2.66 bits per heavy atom. The summed E-state index contributed by atoms with van der Waals surface area (Å²) in [5, 5.41) is 10.2. The summed E-state index contributed by atoms with van der Waals surface area (Å²) in [5.41, 5.74) is 5.82. The van der Waals surface area contributed by atoms with E-state index in [1.54, 1.807) is 0 Å². The number of hydrogen-bond acceptors (Lipinski definition) is 5. The topological polar surface area (TPSA) is 52.4 Å². The maximum absolute atomic E-state index is 10.2. The second kappa shape index (κ2) is 9.60. The van der Waals surface area contributed by atoms with E-state index in [4.69, 9.17) is 9.72 Å². The first kappa shape index (κ1) is 21.4. The van der Waals surface area contributed by atoms with E-state index >= 15 is 0 Å². The first-order valence-electron chi connectivity index (χ1n) is 12.3. The predicted octanol–water partition coefficient (Wildman–Crippen LogP) is 4.78. The number of fused-ring (bicyclic) bond motifs is 1. The monoisotopic (exact) mass is 430 g/mol. The SMILES string of the molecule is C[C@@H]1CN(c2nc(C3CCCCC3)c3c(c2C#N)CCOC3)CCN1Cc1ccccc1. The zero-order valence-corrected chi connectivity index (χ0v) is 19.2. The highest BCUT2D eigenvalue weighted by Gasteiger charge is 2.32. The van der Waals surface area contributed by atoms with Gasteiger partial charge in [-0.2, -0.15) is 5.26 Å². The number of aromatic nitrogens is 1. The van der Waals surface area contributed by atoms with E-state index in [1.165, 1.54) is 54.5 Å². The highest BCUT2D eigenvalue weighted by atomic mass is 16.5. The third-order valence-electron chi connectivity index (χ3n) is 7.56. The molecule has 1 saturated heterocycles. The minimum absolute atomic E-state index is 0.412. The second-order valence-electron chi connectivity index (χ2n) is 9.65. The van der Waals surface area contributed by atoms with Crippen molar-refractivity contribution in [3.63, 3.8) is 0 Å². The van der Waals surface area contributed by atoms with Crippen molar-refractivity contribution in [1.29, 1.82) is 5.26 Å². The number of ether oxygens (including phenoxy) is 1. The molecule has 0 amide bonds. The summed E-state index contributed by atoms with van der Waals surface area (Å²) in [6, 6.07) is 13.7. The number of piperazine rings is 1. The maximum atomic E-state index is 10.2. The van der Waals surface area contributed by atoms with Crippen LogP contribution in [0.4, 0.5) is 5.82 Å². The number of benzene rings is 1. The van der Waals surface area contributed by atoms with Crippen LogP contribution in [0.1, 0.15) is 72.9 Å². The van der Waals surface area contributed by atoms with Crippen LogP contribution in [0.15, 0.2) is 30.3 Å². The standard InChI is InChI=1S/C27H34N4O/c1-20-17-31(14-13-30(20)18-21-8-4-2-5-9-21)27-24(16-28)23-12-15-32-19-25(23)26(29-27)22-10-6-3-7-11-22/h2,4-5,8-9,20,22H,3,6-7,10-15,17-19H2,1H3/t20-/m1/s1. The summed E-state index contributed by atoms with van der Waals surface area (Å²) in [7, 11) is 0. The maximum Gasteiger partial charge on any atom is 0.147 e. The van der Waals surface area contributed by atoms with Gasteiger partial charge in [0.25, 0.3) is 0 Å². The van der Waals surface area contributed by atoms with E-state index in [-0.39, 0.29) is 0 Å². The Labute approximate surface area is 192 Å². The molecular formula is C27H34N4O. The lowest BCUT2D eigenvalue weighted by Gasteiger charge is -2.41. The van der Waals surface area contributed by atoms with Gasteiger partial charge in [0.05, 0.1) is 24.5 Å². The Bertz CT molecular complexity index is 977. The van der Waals surface area contributed by atoms with Crippen LogP contribution >= 0.6 is 0 Å². The minimum Gasteiger partial charge on any atom is -0.376 e. The Morgan fingerprint density at radius 2 is 1.91 bits per heavy atom. The van der Waals surface area contributed by atoms with Gasteiger partial charge in [-0.05, 0) is 37.3 Å². The fraction of sp³-hybridized carbons (Fsp3) is 0.556. The molecule has 2 aromatic rings. The Morgan fingerprint density at radius 1 is 1.09 bits per heavy atom. The van der Waals surface area contributed by atoms with Crippen molar-refractivity contribution in [3.8, 4) is 6.07 Å². The molecule has 0 N–H and O–H groups in total. The van der Waals surface area contributed by atoms with E-state index in [0.717, 1.165) is 44.0 Å². The smallest absolute Gasteiger partial charge is 0.147 e. The van der Waals surface area contributed by atoms with E-state index in [1.807, 2.05) is 0 Å². The van der Waals surface area contributed by atoms with Crippen molar-refractivity contribution in [3.05, 3.63) is 58.3 Å². The molecule has 1 saturated carbocycles. The van der Waals surface area contributed by atoms with Crippen LogP contribution in [0.5, 0.6) is 0 Å². The normalized spacial score (nSPS) is 22.4. The quantitative estimate of drug-likeness (QED) is 0.698. The van der Waals surface area contributed by atoms with Crippen molar-refractivity contribution < 1.29 is 4.74 Å². The van der Waals surface area contributed by atoms with Crippen molar-refractivity contribution in [2.75, 3.05) is 31.1 Å². The lowest BCUT2D eigenvalue weighted by atomic mass is 9.82. The molecule has 3 aliphatic rings. The molecule has 2 fully saturated rings. The van der Waals surface area contributed by atoms with E-state index in [0.29, 0.717) is 25.2 Å². The zero-order valence-electron chi connectivity index (χ0n) is 19.2. The summed E-state index contributed by atoms with van der Waals surface area (Å²) in [6.07, 6.45) is 7.16. The summed E-state index contributed by atoms with van der Waals surface area (Å²) in [5.74, 6) is 1.45. The summed E-state index contributed by atoms with van der Waals surface area (Å²) in [6.45, 7) is 7.41. The lowest BCUT2D eigenvalue weighted by molar-refractivity contribution is 0.109. The number of nitriles is 1. The molecule has 5 rings (SSSR count). The van der Waals surface area contributed by atoms with Crippen LogP contribution in [0.3, 0.4) is 0 Å². The molecule has 1 aromatic heterocycles. The van der Waals surface area contributed by atoms with E-state index < -0.39 is 0 Å². The summed E-state index contributed by atoms with van der Waals surface area (Å²) < 4.78 is 5.83. The third kappa shape index (κ3) is 4.27. The Kier molecular flexibility index (Phi) is 6.43. The van der Waals surface area contributed by atoms with Crippen LogP contribution < -0.4 is 4.90 Å². The molecule has 5 nitrogen and oxygen atoms in total. The minimum atomic E-state index is 0.412. The molecule has 0 spiro atoms. The molecule has 32 heavy (non-hydrogen) atoms. The van der Waals surface area contributed by atoms with Gasteiger partial charge in [0.1, 0.15) is 11.9 Å². The van der Waals surface area contributed by atoms with Gasteiger partial charge >= 0.3 is 0 Å². The van der Waals surface area contributed by atoms with Crippen molar-refractivity contribution in [2.45, 2.75) is 70.6 Å². The lowest BCUT2D eigenvalue weighted by Crippen LogP contribution is -2.52. The fourth-order valence-electron chi connectivity index (χ4n) is 5.76. The Balaban J connectivity index is 1.43. The molecule has 0 unspecified atom stereocenters. The molecule has 3 heterocycles. The molecule has 5 heteroatoms. The number of pyridine rings is 1. The average molecular weight is 431 g/mol. The Hall–Kier alpha value is -2.42. The highest BCUT2D eigenvalue weighted by Crippen LogP contribution is 2.39. The number of rotatable bonds is 4.